The molecule has 108 valence electrons. The smallest absolute Gasteiger partial charge is 0.319 e. The maximum atomic E-state index is 12.3. The number of amides is 3. The topological polar surface area (TPSA) is 43.9 Å². The van der Waals surface area contributed by atoms with Crippen molar-refractivity contribution in [3.8, 4) is 0 Å². The Kier molecular flexibility index (Phi) is 4.49. The van der Waals surface area contributed by atoms with Gasteiger partial charge in [0.15, 0.2) is 0 Å². The number of piperazine rings is 1. The second-order valence-electron chi connectivity index (χ2n) is 4.97. The van der Waals surface area contributed by atoms with E-state index in [0.29, 0.717) is 36.8 Å². The van der Waals surface area contributed by atoms with Crippen LogP contribution in [-0.2, 0) is 0 Å². The van der Waals surface area contributed by atoms with Crippen molar-refractivity contribution in [3.05, 3.63) is 34.9 Å². The van der Waals surface area contributed by atoms with Gasteiger partial charge in [-0.15, -0.1) is 0 Å². The first-order valence-electron chi connectivity index (χ1n) is 6.50. The summed E-state index contributed by atoms with van der Waals surface area (Å²) in [7, 11) is 3.46. The van der Waals surface area contributed by atoms with E-state index in [2.05, 4.69) is 0 Å². The molecule has 0 aromatic heterocycles. The number of hydrogen-bond donors (Lipinski definition) is 0. The largest absolute Gasteiger partial charge is 0.335 e. The highest BCUT2D eigenvalue weighted by Crippen LogP contribution is 2.14. The van der Waals surface area contributed by atoms with Crippen LogP contribution in [0, 0.1) is 0 Å². The molecule has 6 heteroatoms. The summed E-state index contributed by atoms with van der Waals surface area (Å²) in [6.07, 6.45) is 0. The number of carbonyl (C=O) groups excluding carboxylic acids is 2. The summed E-state index contributed by atoms with van der Waals surface area (Å²) in [4.78, 5) is 29.2. The van der Waals surface area contributed by atoms with Crippen LogP contribution in [0.15, 0.2) is 24.3 Å². The van der Waals surface area contributed by atoms with Crippen molar-refractivity contribution in [2.24, 2.45) is 0 Å². The molecule has 0 saturated carbocycles. The number of hydrogen-bond acceptors (Lipinski definition) is 2. The molecule has 2 rings (SSSR count). The number of rotatable bonds is 1. The SMILES string of the molecule is CN(C)C(=O)N1CCN(C(=O)c2cccc(Cl)c2)CC1. The van der Waals surface area contributed by atoms with Gasteiger partial charge in [-0.3, -0.25) is 4.79 Å². The van der Waals surface area contributed by atoms with Crippen molar-refractivity contribution in [2.75, 3.05) is 40.3 Å². The van der Waals surface area contributed by atoms with Gasteiger partial charge in [0, 0.05) is 50.9 Å². The monoisotopic (exact) mass is 295 g/mol. The molecule has 5 nitrogen and oxygen atoms in total. The van der Waals surface area contributed by atoms with Crippen LogP contribution in [0.2, 0.25) is 5.02 Å². The Morgan fingerprint density at radius 2 is 1.70 bits per heavy atom. The van der Waals surface area contributed by atoms with Gasteiger partial charge in [0.2, 0.25) is 0 Å². The second-order valence-corrected chi connectivity index (χ2v) is 5.40. The zero-order valence-corrected chi connectivity index (χ0v) is 12.4. The molecule has 0 unspecified atom stereocenters. The molecule has 0 bridgehead atoms. The summed E-state index contributed by atoms with van der Waals surface area (Å²) in [5.74, 6) is -0.0375. The minimum atomic E-state index is -0.0375. The first kappa shape index (κ1) is 14.7. The number of halogens is 1. The van der Waals surface area contributed by atoms with E-state index in [-0.39, 0.29) is 11.9 Å². The van der Waals surface area contributed by atoms with E-state index in [0.717, 1.165) is 0 Å². The molecule has 0 atom stereocenters. The van der Waals surface area contributed by atoms with Gasteiger partial charge >= 0.3 is 6.03 Å². The van der Waals surface area contributed by atoms with E-state index in [1.54, 1.807) is 53.1 Å². The molecule has 1 fully saturated rings. The summed E-state index contributed by atoms with van der Waals surface area (Å²) < 4.78 is 0. The van der Waals surface area contributed by atoms with Crippen LogP contribution in [-0.4, -0.2) is 66.9 Å². The quantitative estimate of drug-likeness (QED) is 0.793. The lowest BCUT2D eigenvalue weighted by Crippen LogP contribution is -2.52. The van der Waals surface area contributed by atoms with Gasteiger partial charge in [-0.25, -0.2) is 4.79 Å². The Labute approximate surface area is 123 Å². The van der Waals surface area contributed by atoms with E-state index >= 15 is 0 Å². The lowest BCUT2D eigenvalue weighted by atomic mass is 10.2. The molecule has 3 amide bonds. The Hall–Kier alpha value is -1.75. The van der Waals surface area contributed by atoms with E-state index in [4.69, 9.17) is 11.6 Å². The highest BCUT2D eigenvalue weighted by atomic mass is 35.5. The van der Waals surface area contributed by atoms with Crippen LogP contribution in [0.4, 0.5) is 4.79 Å². The van der Waals surface area contributed by atoms with Crippen LogP contribution in [0.3, 0.4) is 0 Å². The molecule has 0 N–H and O–H groups in total. The normalized spacial score (nSPS) is 15.2. The molecular weight excluding hydrogens is 278 g/mol. The standard InChI is InChI=1S/C14H18ClN3O2/c1-16(2)14(20)18-8-6-17(7-9-18)13(19)11-4-3-5-12(15)10-11/h3-5,10H,6-9H2,1-2H3. The Morgan fingerprint density at radius 3 is 2.25 bits per heavy atom. The third kappa shape index (κ3) is 3.22. The molecule has 1 heterocycles. The van der Waals surface area contributed by atoms with Gasteiger partial charge in [0.25, 0.3) is 5.91 Å². The lowest BCUT2D eigenvalue weighted by molar-refractivity contribution is 0.0650. The van der Waals surface area contributed by atoms with Crippen LogP contribution in [0.5, 0.6) is 0 Å². The zero-order chi connectivity index (χ0) is 14.7. The molecule has 1 saturated heterocycles. The van der Waals surface area contributed by atoms with Crippen molar-refractivity contribution >= 4 is 23.5 Å². The Bertz CT molecular complexity index is 511. The van der Waals surface area contributed by atoms with Crippen molar-refractivity contribution in [2.45, 2.75) is 0 Å². The van der Waals surface area contributed by atoms with Gasteiger partial charge in [-0.05, 0) is 18.2 Å². The highest BCUT2D eigenvalue weighted by molar-refractivity contribution is 6.30. The summed E-state index contributed by atoms with van der Waals surface area (Å²) in [6.45, 7) is 2.21. The molecular formula is C14H18ClN3O2. The van der Waals surface area contributed by atoms with E-state index in [1.807, 2.05) is 0 Å². The summed E-state index contributed by atoms with van der Waals surface area (Å²) in [6, 6.07) is 6.92. The molecule has 1 aliphatic rings. The first-order chi connectivity index (χ1) is 9.49. The average Bonchev–Trinajstić information content (AvgIpc) is 2.46. The van der Waals surface area contributed by atoms with Crippen LogP contribution >= 0.6 is 11.6 Å². The number of carbonyl (C=O) groups is 2. The van der Waals surface area contributed by atoms with Crippen LogP contribution in [0.25, 0.3) is 0 Å². The average molecular weight is 296 g/mol. The third-order valence-corrected chi connectivity index (χ3v) is 3.53. The fraction of sp³-hybridized carbons (Fsp3) is 0.429. The lowest BCUT2D eigenvalue weighted by Gasteiger charge is -2.36. The molecule has 0 aliphatic carbocycles. The van der Waals surface area contributed by atoms with Gasteiger partial charge in [0.1, 0.15) is 0 Å². The second kappa shape index (κ2) is 6.13. The van der Waals surface area contributed by atoms with E-state index < -0.39 is 0 Å². The minimum Gasteiger partial charge on any atom is -0.335 e. The first-order valence-corrected chi connectivity index (χ1v) is 6.88. The predicted molar refractivity (Wildman–Crippen MR) is 78.0 cm³/mol. The van der Waals surface area contributed by atoms with E-state index in [1.165, 1.54) is 0 Å². The van der Waals surface area contributed by atoms with Gasteiger partial charge in [-0.2, -0.15) is 0 Å². The van der Waals surface area contributed by atoms with Crippen molar-refractivity contribution < 1.29 is 9.59 Å². The Balaban J connectivity index is 1.97. The molecule has 20 heavy (non-hydrogen) atoms. The maximum Gasteiger partial charge on any atom is 0.319 e. The molecule has 1 aliphatic heterocycles. The minimum absolute atomic E-state index is 0.0140. The van der Waals surface area contributed by atoms with Crippen LogP contribution < -0.4 is 0 Å². The van der Waals surface area contributed by atoms with Crippen molar-refractivity contribution in [1.29, 1.82) is 0 Å². The molecule has 1 aromatic rings. The highest BCUT2D eigenvalue weighted by Gasteiger charge is 2.25. The molecule has 0 spiro atoms. The zero-order valence-electron chi connectivity index (χ0n) is 11.7. The van der Waals surface area contributed by atoms with Crippen molar-refractivity contribution in [1.82, 2.24) is 14.7 Å². The van der Waals surface area contributed by atoms with Crippen molar-refractivity contribution in [3.63, 3.8) is 0 Å². The molecule has 1 aromatic carbocycles. The van der Waals surface area contributed by atoms with Crippen LogP contribution in [0.1, 0.15) is 10.4 Å². The van der Waals surface area contributed by atoms with E-state index in [9.17, 15) is 9.59 Å². The summed E-state index contributed by atoms with van der Waals surface area (Å²) >= 11 is 5.90. The number of benzene rings is 1. The summed E-state index contributed by atoms with van der Waals surface area (Å²) in [5.41, 5.74) is 0.588. The fourth-order valence-electron chi connectivity index (χ4n) is 2.19. The molecule has 0 radical (unpaired) electrons. The third-order valence-electron chi connectivity index (χ3n) is 3.29. The Morgan fingerprint density at radius 1 is 1.10 bits per heavy atom. The van der Waals surface area contributed by atoms with Gasteiger partial charge in [-0.1, -0.05) is 17.7 Å². The maximum absolute atomic E-state index is 12.3. The van der Waals surface area contributed by atoms with Gasteiger partial charge < -0.3 is 14.7 Å². The predicted octanol–water partition coefficient (Wildman–Crippen LogP) is 1.78. The number of nitrogens with zero attached hydrogens (tertiary/aromatic N) is 3. The number of urea groups is 1. The van der Waals surface area contributed by atoms with Gasteiger partial charge in [0.05, 0.1) is 0 Å². The fourth-order valence-corrected chi connectivity index (χ4v) is 2.38. The summed E-state index contributed by atoms with van der Waals surface area (Å²) in [5, 5.41) is 0.553.